The van der Waals surface area contributed by atoms with Gasteiger partial charge in [-0.2, -0.15) is 0 Å². The summed E-state index contributed by atoms with van der Waals surface area (Å²) in [6.07, 6.45) is 0. The zero-order chi connectivity index (χ0) is 23.5. The summed E-state index contributed by atoms with van der Waals surface area (Å²) in [6, 6.07) is 13.3. The van der Waals surface area contributed by atoms with Crippen LogP contribution in [0.4, 0.5) is 25.4 Å². The molecule has 0 bridgehead atoms. The third-order valence-electron chi connectivity index (χ3n) is 4.67. The van der Waals surface area contributed by atoms with E-state index in [9.17, 15) is 18.4 Å². The van der Waals surface area contributed by atoms with Crippen LogP contribution in [-0.4, -0.2) is 16.7 Å². The highest BCUT2D eigenvalue weighted by Gasteiger charge is 2.24. The molecule has 0 spiro atoms. The van der Waals surface area contributed by atoms with Crippen molar-refractivity contribution >= 4 is 39.7 Å². The standard InChI is InChI=1S/C23H18F2N4O3S/c1-12-5-10-15(32-12)11-27-22(31)13-6-8-14(9-7-13)28-23-29-21(26)20(33-23)19(30)18-16(24)3-2-4-17(18)25/h2-10H,11,26H2,1H3,(H,27,31)(H,28,29). The third-order valence-corrected chi connectivity index (χ3v) is 5.65. The predicted molar refractivity (Wildman–Crippen MR) is 121 cm³/mol. The molecule has 0 saturated heterocycles. The third kappa shape index (κ3) is 4.90. The fourth-order valence-electron chi connectivity index (χ4n) is 3.05. The van der Waals surface area contributed by atoms with Gasteiger partial charge in [0.2, 0.25) is 5.78 Å². The molecule has 0 aliphatic carbocycles. The number of nitrogen functional groups attached to an aromatic ring is 1. The number of carbonyl (C=O) groups is 2. The van der Waals surface area contributed by atoms with Crippen LogP contribution in [0, 0.1) is 18.6 Å². The molecule has 0 aliphatic rings. The van der Waals surface area contributed by atoms with Gasteiger partial charge in [-0.3, -0.25) is 9.59 Å². The van der Waals surface area contributed by atoms with Crippen molar-refractivity contribution in [2.24, 2.45) is 0 Å². The number of carbonyl (C=O) groups excluding carboxylic acids is 2. The van der Waals surface area contributed by atoms with Crippen molar-refractivity contribution in [2.45, 2.75) is 13.5 Å². The molecule has 2 aromatic heterocycles. The van der Waals surface area contributed by atoms with Gasteiger partial charge >= 0.3 is 0 Å². The van der Waals surface area contributed by atoms with Crippen molar-refractivity contribution < 1.29 is 22.8 Å². The molecule has 10 heteroatoms. The summed E-state index contributed by atoms with van der Waals surface area (Å²) in [5.74, 6) is -1.82. The van der Waals surface area contributed by atoms with Crippen molar-refractivity contribution in [3.8, 4) is 0 Å². The number of nitrogens with one attached hydrogen (secondary N) is 2. The molecule has 7 nitrogen and oxygen atoms in total. The Morgan fingerprint density at radius 2 is 1.76 bits per heavy atom. The number of ketones is 1. The number of benzene rings is 2. The summed E-state index contributed by atoms with van der Waals surface area (Å²) in [7, 11) is 0. The maximum atomic E-state index is 14.0. The normalized spacial score (nSPS) is 10.8. The lowest BCUT2D eigenvalue weighted by molar-refractivity contribution is 0.0947. The first-order valence-corrected chi connectivity index (χ1v) is 10.6. The number of anilines is 3. The van der Waals surface area contributed by atoms with Crippen molar-refractivity contribution in [2.75, 3.05) is 11.1 Å². The Bertz CT molecular complexity index is 1310. The number of thiazole rings is 1. The maximum absolute atomic E-state index is 14.0. The van der Waals surface area contributed by atoms with E-state index in [0.717, 1.165) is 29.2 Å². The van der Waals surface area contributed by atoms with Gasteiger partial charge in [0.05, 0.1) is 12.1 Å². The van der Waals surface area contributed by atoms with Crippen molar-refractivity contribution in [3.63, 3.8) is 0 Å². The van der Waals surface area contributed by atoms with Gasteiger partial charge in [0.15, 0.2) is 5.13 Å². The summed E-state index contributed by atoms with van der Waals surface area (Å²) < 4.78 is 33.3. The number of hydrogen-bond acceptors (Lipinski definition) is 7. The fourth-order valence-corrected chi connectivity index (χ4v) is 3.91. The van der Waals surface area contributed by atoms with Crippen LogP contribution >= 0.6 is 11.3 Å². The Hall–Kier alpha value is -4.05. The quantitative estimate of drug-likeness (QED) is 0.336. The molecule has 4 N–H and O–H groups in total. The highest BCUT2D eigenvalue weighted by atomic mass is 32.1. The molecular formula is C23H18F2N4O3S. The Balaban J connectivity index is 1.43. The molecule has 33 heavy (non-hydrogen) atoms. The van der Waals surface area contributed by atoms with Crippen LogP contribution in [0.25, 0.3) is 0 Å². The summed E-state index contributed by atoms with van der Waals surface area (Å²) >= 11 is 0.873. The van der Waals surface area contributed by atoms with E-state index in [1.165, 1.54) is 6.07 Å². The molecule has 0 fully saturated rings. The molecule has 1 amide bonds. The first kappa shape index (κ1) is 22.2. The van der Waals surface area contributed by atoms with Gasteiger partial charge in [0.1, 0.15) is 33.8 Å². The Morgan fingerprint density at radius 1 is 1.06 bits per heavy atom. The van der Waals surface area contributed by atoms with E-state index < -0.39 is 23.0 Å². The van der Waals surface area contributed by atoms with Crippen LogP contribution in [0.2, 0.25) is 0 Å². The molecule has 0 aliphatic heterocycles. The number of rotatable bonds is 7. The predicted octanol–water partition coefficient (Wildman–Crippen LogP) is 4.81. The summed E-state index contributed by atoms with van der Waals surface area (Å²) in [5, 5.41) is 6.00. The minimum Gasteiger partial charge on any atom is -0.465 e. The summed E-state index contributed by atoms with van der Waals surface area (Å²) in [6.45, 7) is 2.09. The number of amides is 1. The molecule has 2 aromatic carbocycles. The van der Waals surface area contributed by atoms with E-state index >= 15 is 0 Å². The molecule has 168 valence electrons. The van der Waals surface area contributed by atoms with Crippen LogP contribution in [0.5, 0.6) is 0 Å². The van der Waals surface area contributed by atoms with Crippen molar-refractivity contribution in [1.29, 1.82) is 0 Å². The molecule has 0 saturated carbocycles. The Morgan fingerprint density at radius 3 is 2.39 bits per heavy atom. The SMILES string of the molecule is Cc1ccc(CNC(=O)c2ccc(Nc3nc(N)c(C(=O)c4c(F)cccc4F)s3)cc2)o1. The average molecular weight is 468 g/mol. The van der Waals surface area contributed by atoms with Gasteiger partial charge < -0.3 is 20.8 Å². The molecule has 0 unspecified atom stereocenters. The molecule has 0 atom stereocenters. The topological polar surface area (TPSA) is 110 Å². The lowest BCUT2D eigenvalue weighted by atomic mass is 10.1. The van der Waals surface area contributed by atoms with Crippen LogP contribution in [0.3, 0.4) is 0 Å². The molecule has 4 aromatic rings. The summed E-state index contributed by atoms with van der Waals surface area (Å²) in [4.78, 5) is 28.9. The average Bonchev–Trinajstić information content (AvgIpc) is 3.37. The Labute approximate surface area is 191 Å². The second-order valence-electron chi connectivity index (χ2n) is 7.06. The van der Waals surface area contributed by atoms with Crippen LogP contribution in [0.1, 0.15) is 37.1 Å². The lowest BCUT2D eigenvalue weighted by Crippen LogP contribution is -2.22. The smallest absolute Gasteiger partial charge is 0.251 e. The van der Waals surface area contributed by atoms with Gasteiger partial charge in [-0.1, -0.05) is 17.4 Å². The van der Waals surface area contributed by atoms with Gasteiger partial charge in [0, 0.05) is 11.3 Å². The number of aromatic nitrogens is 1. The van der Waals surface area contributed by atoms with Crippen LogP contribution < -0.4 is 16.4 Å². The van der Waals surface area contributed by atoms with Gasteiger partial charge in [-0.15, -0.1) is 0 Å². The minimum absolute atomic E-state index is 0.0781. The van der Waals surface area contributed by atoms with Gasteiger partial charge in [-0.25, -0.2) is 13.8 Å². The fraction of sp³-hybridized carbons (Fsp3) is 0.0870. The number of nitrogens with two attached hydrogens (primary N) is 1. The maximum Gasteiger partial charge on any atom is 0.251 e. The van der Waals surface area contributed by atoms with Gasteiger partial charge in [0.25, 0.3) is 5.91 Å². The van der Waals surface area contributed by atoms with Crippen LogP contribution in [0.15, 0.2) is 59.0 Å². The number of halogens is 2. The van der Waals surface area contributed by atoms with Crippen LogP contribution in [-0.2, 0) is 6.54 Å². The monoisotopic (exact) mass is 468 g/mol. The largest absolute Gasteiger partial charge is 0.465 e. The number of hydrogen-bond donors (Lipinski definition) is 3. The molecule has 4 rings (SSSR count). The molecule has 0 radical (unpaired) electrons. The van der Waals surface area contributed by atoms with E-state index in [1.807, 2.05) is 13.0 Å². The van der Waals surface area contributed by atoms with E-state index in [4.69, 9.17) is 10.2 Å². The minimum atomic E-state index is -0.974. The highest BCUT2D eigenvalue weighted by molar-refractivity contribution is 7.18. The number of nitrogens with zero attached hydrogens (tertiary/aromatic N) is 1. The number of aryl methyl sites for hydroxylation is 1. The van der Waals surface area contributed by atoms with Crippen molar-refractivity contribution in [3.05, 3.63) is 93.8 Å². The highest BCUT2D eigenvalue weighted by Crippen LogP contribution is 2.31. The molecular weight excluding hydrogens is 450 g/mol. The second kappa shape index (κ2) is 9.21. The van der Waals surface area contributed by atoms with E-state index in [-0.39, 0.29) is 28.3 Å². The lowest BCUT2D eigenvalue weighted by Gasteiger charge is -2.06. The Kier molecular flexibility index (Phi) is 6.18. The second-order valence-corrected chi connectivity index (χ2v) is 8.06. The first-order chi connectivity index (χ1) is 15.8. The molecule has 2 heterocycles. The van der Waals surface area contributed by atoms with Crippen molar-refractivity contribution in [1.82, 2.24) is 10.3 Å². The zero-order valence-electron chi connectivity index (χ0n) is 17.3. The zero-order valence-corrected chi connectivity index (χ0v) is 18.1. The summed E-state index contributed by atoms with van der Waals surface area (Å²) in [5.41, 5.74) is 6.15. The van der Waals surface area contributed by atoms with E-state index in [1.54, 1.807) is 30.3 Å². The van der Waals surface area contributed by atoms with Gasteiger partial charge in [-0.05, 0) is 55.5 Å². The first-order valence-electron chi connectivity index (χ1n) is 9.77. The number of furan rings is 1. The van der Waals surface area contributed by atoms with E-state index in [2.05, 4.69) is 15.6 Å². The van der Waals surface area contributed by atoms with E-state index in [0.29, 0.717) is 17.0 Å².